The Labute approximate surface area is 120 Å². The molecule has 0 amide bonds. The lowest BCUT2D eigenvalue weighted by molar-refractivity contribution is 0.0696. The van der Waals surface area contributed by atoms with Crippen molar-refractivity contribution in [2.75, 3.05) is 11.9 Å². The quantitative estimate of drug-likeness (QED) is 0.773. The Morgan fingerprint density at radius 1 is 1.50 bits per heavy atom. The van der Waals surface area contributed by atoms with Crippen molar-refractivity contribution in [3.8, 4) is 0 Å². The number of carbonyl (C=O) groups is 1. The summed E-state index contributed by atoms with van der Waals surface area (Å²) in [4.78, 5) is 11.1. The maximum absolute atomic E-state index is 11.1. The predicted molar refractivity (Wildman–Crippen MR) is 81.5 cm³/mol. The Morgan fingerprint density at radius 3 is 2.95 bits per heavy atom. The summed E-state index contributed by atoms with van der Waals surface area (Å²) < 4.78 is 0. The van der Waals surface area contributed by atoms with Gasteiger partial charge < -0.3 is 15.7 Å². The van der Waals surface area contributed by atoms with Gasteiger partial charge in [0.05, 0.1) is 5.56 Å². The van der Waals surface area contributed by atoms with E-state index in [1.165, 1.54) is 19.3 Å². The molecule has 1 heterocycles. The van der Waals surface area contributed by atoms with Gasteiger partial charge in [-0.05, 0) is 57.4 Å². The molecule has 1 saturated heterocycles. The lowest BCUT2D eigenvalue weighted by atomic mass is 9.98. The molecule has 3 N–H and O–H groups in total. The Bertz CT molecular complexity index is 468. The van der Waals surface area contributed by atoms with Crippen molar-refractivity contribution in [1.82, 2.24) is 5.32 Å². The first kappa shape index (κ1) is 14.9. The van der Waals surface area contributed by atoms with Crippen LogP contribution in [0.4, 0.5) is 5.69 Å². The number of nitrogens with one attached hydrogen (secondary N) is 2. The molecule has 110 valence electrons. The first-order valence-corrected chi connectivity index (χ1v) is 7.40. The number of rotatable bonds is 5. The van der Waals surface area contributed by atoms with Crippen LogP contribution < -0.4 is 10.6 Å². The summed E-state index contributed by atoms with van der Waals surface area (Å²) in [6.07, 6.45) is 4.88. The third-order valence-corrected chi connectivity index (χ3v) is 4.02. The minimum atomic E-state index is -0.868. The van der Waals surface area contributed by atoms with Gasteiger partial charge in [0, 0.05) is 17.8 Å². The molecule has 1 aliphatic heterocycles. The molecule has 1 aromatic rings. The smallest absolute Gasteiger partial charge is 0.336 e. The van der Waals surface area contributed by atoms with E-state index < -0.39 is 5.97 Å². The van der Waals surface area contributed by atoms with E-state index in [1.807, 2.05) is 13.0 Å². The van der Waals surface area contributed by atoms with E-state index in [0.717, 1.165) is 24.2 Å². The fourth-order valence-corrected chi connectivity index (χ4v) is 2.90. The van der Waals surface area contributed by atoms with Crippen LogP contribution in [0.5, 0.6) is 0 Å². The fourth-order valence-electron chi connectivity index (χ4n) is 2.90. The van der Waals surface area contributed by atoms with Crippen molar-refractivity contribution in [3.05, 3.63) is 29.3 Å². The van der Waals surface area contributed by atoms with Gasteiger partial charge in [-0.2, -0.15) is 0 Å². The van der Waals surface area contributed by atoms with Gasteiger partial charge in [-0.15, -0.1) is 0 Å². The summed E-state index contributed by atoms with van der Waals surface area (Å²) in [6.45, 7) is 5.13. The van der Waals surface area contributed by atoms with Crippen LogP contribution in [0, 0.1) is 6.92 Å². The maximum atomic E-state index is 11.1. The van der Waals surface area contributed by atoms with E-state index >= 15 is 0 Å². The highest BCUT2D eigenvalue weighted by atomic mass is 16.4. The van der Waals surface area contributed by atoms with Crippen LogP contribution in [-0.2, 0) is 0 Å². The second-order valence-corrected chi connectivity index (χ2v) is 5.71. The van der Waals surface area contributed by atoms with Gasteiger partial charge in [-0.25, -0.2) is 4.79 Å². The molecule has 0 bridgehead atoms. The van der Waals surface area contributed by atoms with E-state index in [4.69, 9.17) is 5.11 Å². The lowest BCUT2D eigenvalue weighted by Crippen LogP contribution is -2.37. The SMILES string of the molecule is Cc1c(NC(C)CC2CCCCN2)cccc1C(=O)O. The molecule has 0 aromatic heterocycles. The maximum Gasteiger partial charge on any atom is 0.336 e. The molecule has 0 saturated carbocycles. The lowest BCUT2D eigenvalue weighted by Gasteiger charge is -2.27. The number of carboxylic acids is 1. The fraction of sp³-hybridized carbons (Fsp3) is 0.562. The van der Waals surface area contributed by atoms with Crippen LogP contribution in [0.15, 0.2) is 18.2 Å². The van der Waals surface area contributed by atoms with Gasteiger partial charge in [0.15, 0.2) is 0 Å². The second kappa shape index (κ2) is 6.75. The number of hydrogen-bond donors (Lipinski definition) is 3. The molecular formula is C16H24N2O2. The highest BCUT2D eigenvalue weighted by Gasteiger charge is 2.17. The van der Waals surface area contributed by atoms with Crippen LogP contribution in [0.2, 0.25) is 0 Å². The van der Waals surface area contributed by atoms with Gasteiger partial charge in [-0.3, -0.25) is 0 Å². The van der Waals surface area contributed by atoms with E-state index in [2.05, 4.69) is 17.6 Å². The molecule has 1 aromatic carbocycles. The van der Waals surface area contributed by atoms with Crippen LogP contribution >= 0.6 is 0 Å². The number of hydrogen-bond acceptors (Lipinski definition) is 3. The number of aromatic carboxylic acids is 1. The topological polar surface area (TPSA) is 61.4 Å². The second-order valence-electron chi connectivity index (χ2n) is 5.71. The molecule has 1 fully saturated rings. The molecule has 2 atom stereocenters. The molecule has 0 spiro atoms. The summed E-state index contributed by atoms with van der Waals surface area (Å²) in [7, 11) is 0. The summed E-state index contributed by atoms with van der Waals surface area (Å²) in [5, 5.41) is 16.1. The van der Waals surface area contributed by atoms with Crippen molar-refractivity contribution >= 4 is 11.7 Å². The molecule has 2 rings (SSSR count). The number of carboxylic acid groups (broad SMARTS) is 1. The van der Waals surface area contributed by atoms with Crippen LogP contribution in [-0.4, -0.2) is 29.7 Å². The normalized spacial score (nSPS) is 20.4. The summed E-state index contributed by atoms with van der Waals surface area (Å²) >= 11 is 0. The largest absolute Gasteiger partial charge is 0.478 e. The first-order valence-electron chi connectivity index (χ1n) is 7.40. The van der Waals surface area contributed by atoms with Gasteiger partial charge >= 0.3 is 5.97 Å². The average molecular weight is 276 g/mol. The minimum absolute atomic E-state index is 0.327. The highest BCUT2D eigenvalue weighted by Crippen LogP contribution is 2.21. The van der Waals surface area contributed by atoms with E-state index in [1.54, 1.807) is 12.1 Å². The number of anilines is 1. The first-order chi connectivity index (χ1) is 9.58. The zero-order chi connectivity index (χ0) is 14.5. The van der Waals surface area contributed by atoms with Crippen molar-refractivity contribution in [2.24, 2.45) is 0 Å². The molecule has 0 aliphatic carbocycles. The van der Waals surface area contributed by atoms with E-state index in [9.17, 15) is 4.79 Å². The zero-order valence-electron chi connectivity index (χ0n) is 12.3. The predicted octanol–water partition coefficient (Wildman–Crippen LogP) is 3.03. The number of benzene rings is 1. The highest BCUT2D eigenvalue weighted by molar-refractivity contribution is 5.91. The Morgan fingerprint density at radius 2 is 2.30 bits per heavy atom. The molecule has 1 aliphatic rings. The zero-order valence-corrected chi connectivity index (χ0v) is 12.3. The summed E-state index contributed by atoms with van der Waals surface area (Å²) in [6, 6.07) is 6.30. The Balaban J connectivity index is 1.98. The minimum Gasteiger partial charge on any atom is -0.478 e. The summed E-state index contributed by atoms with van der Waals surface area (Å²) in [5.41, 5.74) is 2.11. The molecular weight excluding hydrogens is 252 g/mol. The molecule has 0 radical (unpaired) electrons. The van der Waals surface area contributed by atoms with E-state index in [0.29, 0.717) is 17.6 Å². The van der Waals surface area contributed by atoms with E-state index in [-0.39, 0.29) is 0 Å². The number of piperidine rings is 1. The third kappa shape index (κ3) is 3.73. The molecule has 4 nitrogen and oxygen atoms in total. The Hall–Kier alpha value is -1.55. The molecule has 4 heteroatoms. The Kier molecular flexibility index (Phi) is 5.01. The van der Waals surface area contributed by atoms with Crippen LogP contribution in [0.1, 0.15) is 48.5 Å². The van der Waals surface area contributed by atoms with Gasteiger partial charge in [0.1, 0.15) is 0 Å². The van der Waals surface area contributed by atoms with Crippen molar-refractivity contribution in [2.45, 2.75) is 51.6 Å². The monoisotopic (exact) mass is 276 g/mol. The van der Waals surface area contributed by atoms with Crippen molar-refractivity contribution in [3.63, 3.8) is 0 Å². The van der Waals surface area contributed by atoms with Gasteiger partial charge in [0.25, 0.3) is 0 Å². The molecule has 2 unspecified atom stereocenters. The summed E-state index contributed by atoms with van der Waals surface area (Å²) in [5.74, 6) is -0.868. The van der Waals surface area contributed by atoms with Crippen molar-refractivity contribution < 1.29 is 9.90 Å². The van der Waals surface area contributed by atoms with Crippen molar-refractivity contribution in [1.29, 1.82) is 0 Å². The average Bonchev–Trinajstić information content (AvgIpc) is 2.42. The van der Waals surface area contributed by atoms with Gasteiger partial charge in [-0.1, -0.05) is 12.5 Å². The molecule has 20 heavy (non-hydrogen) atoms. The third-order valence-electron chi connectivity index (χ3n) is 4.02. The standard InChI is InChI=1S/C16H24N2O2/c1-11(10-13-6-3-4-9-17-13)18-15-8-5-7-14(12(15)2)16(19)20/h5,7-8,11,13,17-18H,3-4,6,9-10H2,1-2H3,(H,19,20). The van der Waals surface area contributed by atoms with Gasteiger partial charge in [0.2, 0.25) is 0 Å². The van der Waals surface area contributed by atoms with Crippen LogP contribution in [0.25, 0.3) is 0 Å². The van der Waals surface area contributed by atoms with Crippen LogP contribution in [0.3, 0.4) is 0 Å².